The van der Waals surface area contributed by atoms with Crippen molar-refractivity contribution in [3.8, 4) is 0 Å². The van der Waals surface area contributed by atoms with Gasteiger partial charge in [-0.25, -0.2) is 9.97 Å². The molecule has 2 aromatic rings. The van der Waals surface area contributed by atoms with Gasteiger partial charge in [0.25, 0.3) is 5.91 Å². The highest BCUT2D eigenvalue weighted by Gasteiger charge is 2.19. The summed E-state index contributed by atoms with van der Waals surface area (Å²) >= 11 is 0. The van der Waals surface area contributed by atoms with Crippen LogP contribution in [0.4, 0.5) is 0 Å². The minimum absolute atomic E-state index is 0.156. The normalized spacial score (nSPS) is 13.8. The topological polar surface area (TPSA) is 72.7 Å². The van der Waals surface area contributed by atoms with Crippen molar-refractivity contribution < 1.29 is 4.79 Å². The fourth-order valence-electron chi connectivity index (χ4n) is 2.65. The predicted molar refractivity (Wildman–Crippen MR) is 73.1 cm³/mol. The summed E-state index contributed by atoms with van der Waals surface area (Å²) in [4.78, 5) is 19.7. The first-order valence-corrected chi connectivity index (χ1v) is 6.82. The lowest BCUT2D eigenvalue weighted by atomic mass is 9.96. The van der Waals surface area contributed by atoms with Gasteiger partial charge in [0.2, 0.25) is 0 Å². The molecular formula is C14H17N5O. The smallest absolute Gasteiger partial charge is 0.254 e. The largest absolute Gasteiger partial charge is 0.346 e. The molecular weight excluding hydrogens is 254 g/mol. The molecule has 0 spiro atoms. The fraction of sp³-hybridized carbons (Fsp3) is 0.429. The molecule has 0 aliphatic heterocycles. The van der Waals surface area contributed by atoms with Gasteiger partial charge in [-0.3, -0.25) is 9.48 Å². The SMILES string of the molecule is Cn1nc2c(c1CNC(=O)c1cncnc1)CCCC2. The minimum Gasteiger partial charge on any atom is -0.346 e. The number of nitrogens with one attached hydrogen (secondary N) is 1. The van der Waals surface area contributed by atoms with Crippen LogP contribution in [0.2, 0.25) is 0 Å². The van der Waals surface area contributed by atoms with Crippen LogP contribution < -0.4 is 5.32 Å². The molecule has 20 heavy (non-hydrogen) atoms. The van der Waals surface area contributed by atoms with Crippen LogP contribution in [0, 0.1) is 0 Å². The standard InChI is InChI=1S/C14H17N5O/c1-19-13(11-4-2-3-5-12(11)18-19)8-17-14(20)10-6-15-9-16-7-10/h6-7,9H,2-5,8H2,1H3,(H,17,20). The Labute approximate surface area is 117 Å². The maximum absolute atomic E-state index is 12.0. The highest BCUT2D eigenvalue weighted by atomic mass is 16.1. The van der Waals surface area contributed by atoms with E-state index < -0.39 is 0 Å². The van der Waals surface area contributed by atoms with E-state index in [-0.39, 0.29) is 5.91 Å². The van der Waals surface area contributed by atoms with Crippen LogP contribution in [0.3, 0.4) is 0 Å². The van der Waals surface area contributed by atoms with Crippen LogP contribution in [0.25, 0.3) is 0 Å². The number of aryl methyl sites for hydroxylation is 2. The van der Waals surface area contributed by atoms with E-state index in [0.29, 0.717) is 12.1 Å². The molecule has 0 bridgehead atoms. The molecule has 1 N–H and O–H groups in total. The van der Waals surface area contributed by atoms with Crippen LogP contribution in [-0.2, 0) is 26.4 Å². The van der Waals surface area contributed by atoms with Crippen LogP contribution >= 0.6 is 0 Å². The van der Waals surface area contributed by atoms with E-state index in [9.17, 15) is 4.79 Å². The van der Waals surface area contributed by atoms with Gasteiger partial charge in [-0.05, 0) is 31.2 Å². The van der Waals surface area contributed by atoms with Crippen molar-refractivity contribution in [1.29, 1.82) is 0 Å². The lowest BCUT2D eigenvalue weighted by molar-refractivity contribution is 0.0949. The molecule has 1 aliphatic rings. The second kappa shape index (κ2) is 5.40. The zero-order chi connectivity index (χ0) is 13.9. The van der Waals surface area contributed by atoms with Crippen molar-refractivity contribution >= 4 is 5.91 Å². The molecule has 1 amide bonds. The summed E-state index contributed by atoms with van der Waals surface area (Å²) in [6.45, 7) is 0.493. The third-order valence-corrected chi connectivity index (χ3v) is 3.69. The van der Waals surface area contributed by atoms with Crippen molar-refractivity contribution in [2.24, 2.45) is 7.05 Å². The van der Waals surface area contributed by atoms with Gasteiger partial charge in [0.1, 0.15) is 6.33 Å². The first-order valence-electron chi connectivity index (χ1n) is 6.82. The molecule has 0 saturated heterocycles. The summed E-state index contributed by atoms with van der Waals surface area (Å²) in [6.07, 6.45) is 8.95. The molecule has 0 atom stereocenters. The quantitative estimate of drug-likeness (QED) is 0.904. The molecule has 0 aromatic carbocycles. The van der Waals surface area contributed by atoms with E-state index in [1.807, 2.05) is 11.7 Å². The van der Waals surface area contributed by atoms with E-state index in [0.717, 1.165) is 18.5 Å². The van der Waals surface area contributed by atoms with Crippen LogP contribution in [0.1, 0.15) is 40.2 Å². The highest BCUT2D eigenvalue weighted by Crippen LogP contribution is 2.23. The number of nitrogens with zero attached hydrogens (tertiary/aromatic N) is 4. The number of carbonyl (C=O) groups excluding carboxylic acids is 1. The van der Waals surface area contributed by atoms with E-state index in [1.54, 1.807) is 0 Å². The second-order valence-corrected chi connectivity index (χ2v) is 5.01. The Morgan fingerprint density at radius 1 is 1.30 bits per heavy atom. The molecule has 6 heteroatoms. The molecule has 0 radical (unpaired) electrons. The minimum atomic E-state index is -0.156. The van der Waals surface area contributed by atoms with Gasteiger partial charge in [0, 0.05) is 19.4 Å². The lowest BCUT2D eigenvalue weighted by Gasteiger charge is -2.12. The van der Waals surface area contributed by atoms with Crippen molar-refractivity contribution in [3.05, 3.63) is 41.2 Å². The van der Waals surface area contributed by atoms with Gasteiger partial charge < -0.3 is 5.32 Å². The first kappa shape index (κ1) is 12.8. The Morgan fingerprint density at radius 2 is 2.05 bits per heavy atom. The van der Waals surface area contributed by atoms with E-state index >= 15 is 0 Å². The predicted octanol–water partition coefficient (Wildman–Crippen LogP) is 1.02. The zero-order valence-electron chi connectivity index (χ0n) is 11.5. The van der Waals surface area contributed by atoms with E-state index in [2.05, 4.69) is 20.4 Å². The summed E-state index contributed by atoms with van der Waals surface area (Å²) < 4.78 is 1.89. The number of hydrogen-bond donors (Lipinski definition) is 1. The van der Waals surface area contributed by atoms with E-state index in [1.165, 1.54) is 42.8 Å². The number of fused-ring (bicyclic) bond motifs is 1. The zero-order valence-corrected chi connectivity index (χ0v) is 11.5. The Kier molecular flexibility index (Phi) is 3.45. The molecule has 0 fully saturated rings. The average Bonchev–Trinajstić information content (AvgIpc) is 2.81. The van der Waals surface area contributed by atoms with Crippen molar-refractivity contribution in [3.63, 3.8) is 0 Å². The van der Waals surface area contributed by atoms with Gasteiger partial charge in [-0.1, -0.05) is 0 Å². The van der Waals surface area contributed by atoms with Gasteiger partial charge in [-0.15, -0.1) is 0 Å². The highest BCUT2D eigenvalue weighted by molar-refractivity contribution is 5.93. The molecule has 2 aromatic heterocycles. The third kappa shape index (κ3) is 2.41. The Balaban J connectivity index is 1.73. The maximum Gasteiger partial charge on any atom is 0.254 e. The van der Waals surface area contributed by atoms with Gasteiger partial charge in [0.05, 0.1) is 23.5 Å². The van der Waals surface area contributed by atoms with Gasteiger partial charge in [0.15, 0.2) is 0 Å². The maximum atomic E-state index is 12.0. The number of hydrogen-bond acceptors (Lipinski definition) is 4. The number of carbonyl (C=O) groups is 1. The summed E-state index contributed by atoms with van der Waals surface area (Å²) in [6, 6.07) is 0. The average molecular weight is 271 g/mol. The summed E-state index contributed by atoms with van der Waals surface area (Å²) in [5.41, 5.74) is 4.07. The molecule has 3 rings (SSSR count). The molecule has 0 unspecified atom stereocenters. The van der Waals surface area contributed by atoms with Crippen LogP contribution in [0.15, 0.2) is 18.7 Å². The van der Waals surface area contributed by atoms with E-state index in [4.69, 9.17) is 0 Å². The second-order valence-electron chi connectivity index (χ2n) is 5.01. The summed E-state index contributed by atoms with van der Waals surface area (Å²) in [5, 5.41) is 7.46. The molecule has 6 nitrogen and oxygen atoms in total. The Hall–Kier alpha value is -2.24. The third-order valence-electron chi connectivity index (χ3n) is 3.69. The van der Waals surface area contributed by atoms with Crippen LogP contribution in [-0.4, -0.2) is 25.7 Å². The van der Waals surface area contributed by atoms with Gasteiger partial charge >= 0.3 is 0 Å². The monoisotopic (exact) mass is 271 g/mol. The number of amides is 1. The molecule has 0 saturated carbocycles. The van der Waals surface area contributed by atoms with Gasteiger partial charge in [-0.2, -0.15) is 5.10 Å². The number of rotatable bonds is 3. The molecule has 104 valence electrons. The van der Waals surface area contributed by atoms with Crippen molar-refractivity contribution in [1.82, 2.24) is 25.1 Å². The summed E-state index contributed by atoms with van der Waals surface area (Å²) in [5.74, 6) is -0.156. The van der Waals surface area contributed by atoms with Crippen LogP contribution in [0.5, 0.6) is 0 Å². The van der Waals surface area contributed by atoms with Crippen molar-refractivity contribution in [2.75, 3.05) is 0 Å². The summed E-state index contributed by atoms with van der Waals surface area (Å²) in [7, 11) is 1.94. The number of aromatic nitrogens is 4. The molecule has 1 aliphatic carbocycles. The van der Waals surface area contributed by atoms with Crippen molar-refractivity contribution in [2.45, 2.75) is 32.2 Å². The fourth-order valence-corrected chi connectivity index (χ4v) is 2.65. The molecule has 2 heterocycles. The first-order chi connectivity index (χ1) is 9.75. The lowest BCUT2D eigenvalue weighted by Crippen LogP contribution is -2.25. The Bertz CT molecular complexity index is 620. The Morgan fingerprint density at radius 3 is 2.85 bits per heavy atom.